The maximum atomic E-state index is 11.4. The van der Waals surface area contributed by atoms with Crippen molar-refractivity contribution >= 4 is 30.1 Å². The van der Waals surface area contributed by atoms with Gasteiger partial charge in [0.2, 0.25) is 0 Å². The van der Waals surface area contributed by atoms with E-state index in [0.717, 1.165) is 5.56 Å². The molecule has 5 heteroatoms. The normalized spacial score (nSPS) is 12.9. The first-order chi connectivity index (χ1) is 7.87. The fraction of sp³-hybridized carbons (Fsp3) is 0.429. The number of nitrogens with zero attached hydrogens (tertiary/aromatic N) is 1. The van der Waals surface area contributed by atoms with Crippen LogP contribution in [0.5, 0.6) is 0 Å². The summed E-state index contributed by atoms with van der Waals surface area (Å²) in [5, 5.41) is 11.4. The van der Waals surface area contributed by atoms with Crippen molar-refractivity contribution in [3.05, 3.63) is 42.8 Å². The molecule has 3 nitrogen and oxygen atoms in total. The Labute approximate surface area is 145 Å². The third-order valence-corrected chi connectivity index (χ3v) is 2.00. The van der Waals surface area contributed by atoms with Gasteiger partial charge in [0, 0.05) is 25.1 Å². The Kier molecular flexibility index (Phi) is 10.8. The minimum Gasteiger partial charge on any atom is -0.595 e. The van der Waals surface area contributed by atoms with E-state index in [4.69, 9.17) is 4.74 Å². The van der Waals surface area contributed by atoms with E-state index in [1.54, 1.807) is 0 Å². The summed E-state index contributed by atoms with van der Waals surface area (Å²) in [6, 6.07) is 9.52. The van der Waals surface area contributed by atoms with E-state index in [9.17, 15) is 5.11 Å². The monoisotopic (exact) mass is 425 g/mol. The van der Waals surface area contributed by atoms with Gasteiger partial charge in [0.05, 0.1) is 6.04 Å². The maximum absolute atomic E-state index is 11.4. The Balaban J connectivity index is 0. The maximum Gasteiger partial charge on any atom is 0.146 e. The number of halogens is 1. The summed E-state index contributed by atoms with van der Waals surface area (Å²) in [4.78, 5) is 3.89. The van der Waals surface area contributed by atoms with E-state index < -0.39 is 11.7 Å². The molecule has 1 aromatic carbocycles. The minimum atomic E-state index is -0.548. The third-order valence-electron chi connectivity index (χ3n) is 2.00. The molecule has 0 N–H and O–H groups in total. The Bertz CT molecular complexity index is 377. The van der Waals surface area contributed by atoms with Crippen LogP contribution in [-0.4, -0.2) is 17.7 Å². The Morgan fingerprint density at radius 3 is 2.32 bits per heavy atom. The second kappa shape index (κ2) is 9.70. The molecule has 0 spiro atoms. The smallest absolute Gasteiger partial charge is 0.146 e. The molecule has 0 saturated carbocycles. The van der Waals surface area contributed by atoms with E-state index in [1.165, 1.54) is 0 Å². The third kappa shape index (κ3) is 10.3. The van der Waals surface area contributed by atoms with Crippen LogP contribution in [0.4, 0.5) is 0 Å². The fourth-order valence-corrected chi connectivity index (χ4v) is 1.37. The van der Waals surface area contributed by atoms with Crippen molar-refractivity contribution in [2.24, 2.45) is 4.99 Å². The first kappa shape index (κ1) is 21.1. The van der Waals surface area contributed by atoms with Gasteiger partial charge in [-0.25, -0.2) is 0 Å². The first-order valence-electron chi connectivity index (χ1n) is 5.67. The van der Waals surface area contributed by atoms with Crippen molar-refractivity contribution in [1.29, 1.82) is 0 Å². The molecule has 0 unspecified atom stereocenters. The van der Waals surface area contributed by atoms with Crippen LogP contribution in [0.25, 0.3) is 0 Å². The number of hydrogen-bond acceptors (Lipinski definition) is 3. The van der Waals surface area contributed by atoms with E-state index in [1.807, 2.05) is 51.1 Å². The second-order valence-corrected chi connectivity index (χ2v) is 4.95. The van der Waals surface area contributed by atoms with Gasteiger partial charge in [-0.15, -0.1) is 24.0 Å². The summed E-state index contributed by atoms with van der Waals surface area (Å²) in [5.74, 6) is 0. The molecular weight excluding hydrogens is 406 g/mol. The molecule has 0 aliphatic rings. The molecule has 103 valence electrons. The Morgan fingerprint density at radius 1 is 1.32 bits per heavy atom. The van der Waals surface area contributed by atoms with Gasteiger partial charge in [0.15, 0.2) is 0 Å². The molecule has 1 aromatic rings. The molecular formula is C14H20INO2Zn-. The quantitative estimate of drug-likeness (QED) is 0.323. The van der Waals surface area contributed by atoms with E-state index in [2.05, 4.69) is 11.9 Å². The molecule has 0 fully saturated rings. The van der Waals surface area contributed by atoms with Gasteiger partial charge in [0.1, 0.15) is 6.08 Å². The van der Waals surface area contributed by atoms with Crippen LogP contribution in [0.2, 0.25) is 0 Å². The van der Waals surface area contributed by atoms with Crippen molar-refractivity contribution in [1.82, 2.24) is 0 Å². The molecule has 1 radical (unpaired) electrons. The summed E-state index contributed by atoms with van der Waals surface area (Å²) in [7, 11) is 0. The van der Waals surface area contributed by atoms with E-state index in [0.29, 0.717) is 6.42 Å². The Morgan fingerprint density at radius 2 is 1.84 bits per heavy atom. The van der Waals surface area contributed by atoms with Gasteiger partial charge in [0.25, 0.3) is 0 Å². The zero-order valence-corrected chi connectivity index (χ0v) is 17.1. The van der Waals surface area contributed by atoms with Gasteiger partial charge in [-0.3, -0.25) is 4.99 Å². The van der Waals surface area contributed by atoms with Crippen molar-refractivity contribution in [3.63, 3.8) is 0 Å². The predicted molar refractivity (Wildman–Crippen MR) is 83.0 cm³/mol. The van der Waals surface area contributed by atoms with E-state index in [-0.39, 0.29) is 49.5 Å². The molecule has 1 rings (SSSR count). The van der Waals surface area contributed by atoms with Crippen molar-refractivity contribution < 1.29 is 29.3 Å². The van der Waals surface area contributed by atoms with Crippen LogP contribution in [0.3, 0.4) is 0 Å². The molecule has 1 atom stereocenters. The SMILES string of the molecule is I.[CH2][C@H](Cc1ccccc1)N=C([O-])OC(C)(C)C.[Zn]. The molecule has 0 amide bonds. The predicted octanol–water partition coefficient (Wildman–Crippen LogP) is 2.58. The average Bonchev–Trinajstić information content (AvgIpc) is 2.15. The Hall–Kier alpha value is -0.157. The number of rotatable bonds is 3. The van der Waals surface area contributed by atoms with Gasteiger partial charge in [-0.05, 0) is 18.9 Å². The average molecular weight is 427 g/mol. The molecule has 0 saturated heterocycles. The van der Waals surface area contributed by atoms with Crippen molar-refractivity contribution in [2.45, 2.75) is 38.8 Å². The van der Waals surface area contributed by atoms with Crippen LogP contribution in [0.15, 0.2) is 35.3 Å². The van der Waals surface area contributed by atoms with Crippen LogP contribution < -0.4 is 5.11 Å². The molecule has 19 heavy (non-hydrogen) atoms. The van der Waals surface area contributed by atoms with Crippen LogP contribution in [0.1, 0.15) is 26.3 Å². The first-order valence-corrected chi connectivity index (χ1v) is 5.67. The molecule has 0 bridgehead atoms. The molecule has 0 aliphatic carbocycles. The summed E-state index contributed by atoms with van der Waals surface area (Å²) in [6.45, 7) is 9.28. The largest absolute Gasteiger partial charge is 0.595 e. The van der Waals surface area contributed by atoms with Gasteiger partial charge in [-0.1, -0.05) is 51.1 Å². The van der Waals surface area contributed by atoms with Crippen LogP contribution >= 0.6 is 24.0 Å². The van der Waals surface area contributed by atoms with Crippen LogP contribution in [-0.2, 0) is 30.6 Å². The second-order valence-electron chi connectivity index (χ2n) is 4.95. The summed E-state index contributed by atoms with van der Waals surface area (Å²) in [5.41, 5.74) is 0.604. The summed E-state index contributed by atoms with van der Waals surface area (Å²) >= 11 is 0. The molecule has 0 aliphatic heterocycles. The van der Waals surface area contributed by atoms with Gasteiger partial charge >= 0.3 is 0 Å². The van der Waals surface area contributed by atoms with E-state index >= 15 is 0 Å². The number of hydrogen-bond donors (Lipinski definition) is 0. The topological polar surface area (TPSA) is 44.7 Å². The molecule has 0 aromatic heterocycles. The number of ether oxygens (including phenoxy) is 1. The van der Waals surface area contributed by atoms with Crippen molar-refractivity contribution in [3.8, 4) is 0 Å². The zero-order chi connectivity index (χ0) is 12.9. The van der Waals surface area contributed by atoms with Gasteiger partial charge < -0.3 is 9.84 Å². The number of aliphatic imine (C=N–C) groups is 1. The summed E-state index contributed by atoms with van der Waals surface area (Å²) in [6.07, 6.45) is 0.0912. The molecule has 0 heterocycles. The standard InChI is InChI=1S/C14H20NO2.HI.Zn/c1-11(10-12-8-6-5-7-9-12)15-13(16)17-14(2,3)4;;/h5-9,11H,1,10H2,2-4H3,(H,15,16);1H;/p-1/t11-;;/m1../s1. The summed E-state index contributed by atoms with van der Waals surface area (Å²) < 4.78 is 5.10. The zero-order valence-electron chi connectivity index (χ0n) is 11.8. The minimum absolute atomic E-state index is 0. The van der Waals surface area contributed by atoms with Gasteiger partial charge in [-0.2, -0.15) is 0 Å². The number of benzene rings is 1. The fourth-order valence-electron chi connectivity index (χ4n) is 1.37. The van der Waals surface area contributed by atoms with Crippen LogP contribution in [0, 0.1) is 6.92 Å². The van der Waals surface area contributed by atoms with Crippen molar-refractivity contribution in [2.75, 3.05) is 0 Å².